The molecule has 3 heteroatoms. The Hall–Kier alpha value is -1.58. The molecule has 1 heterocycles. The van der Waals surface area contributed by atoms with E-state index in [2.05, 4.69) is 5.32 Å². The lowest BCUT2D eigenvalue weighted by Gasteiger charge is -2.15. The van der Waals surface area contributed by atoms with E-state index in [9.17, 15) is 5.11 Å². The molecule has 0 bridgehead atoms. The third-order valence-electron chi connectivity index (χ3n) is 2.99. The molecule has 1 aromatic carbocycles. The van der Waals surface area contributed by atoms with Crippen LogP contribution in [0.15, 0.2) is 46.9 Å². The monoisotopic (exact) mass is 245 g/mol. The van der Waals surface area contributed by atoms with Gasteiger partial charge in [0.25, 0.3) is 0 Å². The first kappa shape index (κ1) is 12.9. The summed E-state index contributed by atoms with van der Waals surface area (Å²) in [4.78, 5) is 0. The Bertz CT molecular complexity index is 478. The fourth-order valence-electron chi connectivity index (χ4n) is 1.87. The number of aryl methyl sites for hydroxylation is 1. The molecule has 1 aromatic heterocycles. The van der Waals surface area contributed by atoms with Crippen molar-refractivity contribution in [1.29, 1.82) is 0 Å². The zero-order valence-corrected chi connectivity index (χ0v) is 10.8. The van der Waals surface area contributed by atoms with E-state index in [1.807, 2.05) is 56.3 Å². The number of rotatable bonds is 5. The molecule has 2 unspecified atom stereocenters. The summed E-state index contributed by atoms with van der Waals surface area (Å²) in [6.45, 7) is 4.45. The second kappa shape index (κ2) is 5.85. The number of aliphatic hydroxyl groups excluding tert-OH is 1. The van der Waals surface area contributed by atoms with E-state index in [0.717, 1.165) is 17.1 Å². The third-order valence-corrected chi connectivity index (χ3v) is 2.99. The van der Waals surface area contributed by atoms with Crippen LogP contribution in [0.4, 0.5) is 0 Å². The maximum Gasteiger partial charge on any atom is 0.120 e. The van der Waals surface area contributed by atoms with Crippen molar-refractivity contribution >= 4 is 0 Å². The summed E-state index contributed by atoms with van der Waals surface area (Å²) in [6.07, 6.45) is -0.496. The minimum atomic E-state index is -0.496. The van der Waals surface area contributed by atoms with E-state index in [1.54, 1.807) is 0 Å². The number of aliphatic hydroxyl groups is 1. The van der Waals surface area contributed by atoms with E-state index in [4.69, 9.17) is 4.42 Å². The Kier molecular flexibility index (Phi) is 4.18. The summed E-state index contributed by atoms with van der Waals surface area (Å²) in [5.41, 5.74) is 0.924. The molecule has 0 saturated heterocycles. The van der Waals surface area contributed by atoms with Gasteiger partial charge in [-0.1, -0.05) is 30.3 Å². The van der Waals surface area contributed by atoms with E-state index in [0.29, 0.717) is 6.54 Å². The molecule has 2 N–H and O–H groups in total. The van der Waals surface area contributed by atoms with Gasteiger partial charge in [0, 0.05) is 6.54 Å². The Morgan fingerprint density at radius 1 is 1.17 bits per heavy atom. The fourth-order valence-corrected chi connectivity index (χ4v) is 1.87. The molecule has 2 atom stereocenters. The van der Waals surface area contributed by atoms with Gasteiger partial charge >= 0.3 is 0 Å². The van der Waals surface area contributed by atoms with Crippen LogP contribution in [0.3, 0.4) is 0 Å². The second-order valence-corrected chi connectivity index (χ2v) is 4.50. The smallest absolute Gasteiger partial charge is 0.120 e. The maximum atomic E-state index is 10.0. The van der Waals surface area contributed by atoms with Crippen molar-refractivity contribution < 1.29 is 9.52 Å². The third kappa shape index (κ3) is 3.22. The van der Waals surface area contributed by atoms with Crippen molar-refractivity contribution in [3.05, 3.63) is 59.5 Å². The number of furan rings is 1. The van der Waals surface area contributed by atoms with Gasteiger partial charge in [0.2, 0.25) is 0 Å². The average Bonchev–Trinajstić information content (AvgIpc) is 2.83. The van der Waals surface area contributed by atoms with Gasteiger partial charge < -0.3 is 14.8 Å². The molecular formula is C15H19NO2. The summed E-state index contributed by atoms with van der Waals surface area (Å²) >= 11 is 0. The molecule has 0 aliphatic heterocycles. The summed E-state index contributed by atoms with van der Waals surface area (Å²) in [6, 6.07) is 13.6. The molecule has 2 aromatic rings. The molecule has 0 spiro atoms. The molecule has 0 radical (unpaired) electrons. The second-order valence-electron chi connectivity index (χ2n) is 4.50. The van der Waals surface area contributed by atoms with E-state index < -0.39 is 6.10 Å². The highest BCUT2D eigenvalue weighted by Crippen LogP contribution is 2.17. The number of nitrogens with one attached hydrogen (secondary N) is 1. The number of benzene rings is 1. The van der Waals surface area contributed by atoms with Crippen molar-refractivity contribution in [2.75, 3.05) is 6.54 Å². The van der Waals surface area contributed by atoms with Crippen LogP contribution >= 0.6 is 0 Å². The minimum Gasteiger partial charge on any atom is -0.465 e. The van der Waals surface area contributed by atoms with Crippen LogP contribution in [0.2, 0.25) is 0 Å². The summed E-state index contributed by atoms with van der Waals surface area (Å²) in [5, 5.41) is 13.3. The van der Waals surface area contributed by atoms with Gasteiger partial charge in [0.1, 0.15) is 11.5 Å². The largest absolute Gasteiger partial charge is 0.465 e. The van der Waals surface area contributed by atoms with E-state index in [-0.39, 0.29) is 6.04 Å². The van der Waals surface area contributed by atoms with Gasteiger partial charge in [-0.05, 0) is 31.5 Å². The van der Waals surface area contributed by atoms with Crippen molar-refractivity contribution in [2.24, 2.45) is 0 Å². The van der Waals surface area contributed by atoms with Gasteiger partial charge in [0.15, 0.2) is 0 Å². The van der Waals surface area contributed by atoms with Gasteiger partial charge in [-0.2, -0.15) is 0 Å². The molecule has 96 valence electrons. The van der Waals surface area contributed by atoms with Crippen molar-refractivity contribution in [3.8, 4) is 0 Å². The van der Waals surface area contributed by atoms with E-state index >= 15 is 0 Å². The fraction of sp³-hybridized carbons (Fsp3) is 0.333. The zero-order chi connectivity index (χ0) is 13.0. The topological polar surface area (TPSA) is 45.4 Å². The standard InChI is InChI=1S/C15H19NO2/c1-11-8-9-15(18-11)12(2)16-10-14(17)13-6-4-3-5-7-13/h3-9,12,14,16-17H,10H2,1-2H3. The first-order valence-corrected chi connectivity index (χ1v) is 6.19. The molecule has 18 heavy (non-hydrogen) atoms. The van der Waals surface area contributed by atoms with Crippen molar-refractivity contribution in [3.63, 3.8) is 0 Å². The minimum absolute atomic E-state index is 0.0945. The Balaban J connectivity index is 1.88. The highest BCUT2D eigenvalue weighted by molar-refractivity contribution is 5.17. The van der Waals surface area contributed by atoms with Gasteiger partial charge in [-0.15, -0.1) is 0 Å². The zero-order valence-electron chi connectivity index (χ0n) is 10.8. The van der Waals surface area contributed by atoms with Gasteiger partial charge in [0.05, 0.1) is 12.1 Å². The van der Waals surface area contributed by atoms with Crippen LogP contribution in [0.5, 0.6) is 0 Å². The molecule has 0 aliphatic rings. The van der Waals surface area contributed by atoms with Crippen LogP contribution in [0, 0.1) is 6.92 Å². The maximum absolute atomic E-state index is 10.0. The molecule has 0 aliphatic carbocycles. The molecule has 0 saturated carbocycles. The van der Waals surface area contributed by atoms with Gasteiger partial charge in [-0.3, -0.25) is 0 Å². The first-order valence-electron chi connectivity index (χ1n) is 6.19. The van der Waals surface area contributed by atoms with Crippen LogP contribution in [0.25, 0.3) is 0 Å². The van der Waals surface area contributed by atoms with Crippen molar-refractivity contribution in [2.45, 2.75) is 26.0 Å². The number of hydrogen-bond donors (Lipinski definition) is 2. The number of hydrogen-bond acceptors (Lipinski definition) is 3. The van der Waals surface area contributed by atoms with Crippen molar-refractivity contribution in [1.82, 2.24) is 5.32 Å². The Morgan fingerprint density at radius 3 is 2.50 bits per heavy atom. The van der Waals surface area contributed by atoms with Gasteiger partial charge in [-0.25, -0.2) is 0 Å². The van der Waals surface area contributed by atoms with Crippen LogP contribution in [-0.2, 0) is 0 Å². The predicted octanol–water partition coefficient (Wildman–Crippen LogP) is 2.97. The Labute approximate surface area is 107 Å². The highest BCUT2D eigenvalue weighted by Gasteiger charge is 2.12. The quantitative estimate of drug-likeness (QED) is 0.851. The summed E-state index contributed by atoms with van der Waals surface area (Å²) in [7, 11) is 0. The average molecular weight is 245 g/mol. The van der Waals surface area contributed by atoms with E-state index in [1.165, 1.54) is 0 Å². The molecule has 2 rings (SSSR count). The predicted molar refractivity (Wildman–Crippen MR) is 71.3 cm³/mol. The Morgan fingerprint density at radius 2 is 1.89 bits per heavy atom. The molecule has 0 fully saturated rings. The van der Waals surface area contributed by atoms with Crippen LogP contribution in [0.1, 0.15) is 36.2 Å². The van der Waals surface area contributed by atoms with Crippen LogP contribution in [-0.4, -0.2) is 11.7 Å². The lowest BCUT2D eigenvalue weighted by Crippen LogP contribution is -2.24. The van der Waals surface area contributed by atoms with Crippen LogP contribution < -0.4 is 5.32 Å². The molecular weight excluding hydrogens is 226 g/mol. The lowest BCUT2D eigenvalue weighted by molar-refractivity contribution is 0.169. The highest BCUT2D eigenvalue weighted by atomic mass is 16.3. The lowest BCUT2D eigenvalue weighted by atomic mass is 10.1. The molecule has 3 nitrogen and oxygen atoms in total. The summed E-state index contributed by atoms with van der Waals surface area (Å²) in [5.74, 6) is 1.80. The first-order chi connectivity index (χ1) is 8.66. The molecule has 0 amide bonds. The summed E-state index contributed by atoms with van der Waals surface area (Å²) < 4.78 is 5.54. The SMILES string of the molecule is Cc1ccc(C(C)NCC(O)c2ccccc2)o1. The normalized spacial score (nSPS) is 14.4.